The maximum absolute atomic E-state index is 13.1. The van der Waals surface area contributed by atoms with E-state index in [1.807, 2.05) is 0 Å². The number of nitrogens with one attached hydrogen (secondary N) is 1. The topological polar surface area (TPSA) is 89.5 Å². The smallest absolute Gasteiger partial charge is 0.340 e. The van der Waals surface area contributed by atoms with E-state index in [4.69, 9.17) is 11.6 Å². The fourth-order valence-electron chi connectivity index (χ4n) is 2.07. The second-order valence-electron chi connectivity index (χ2n) is 4.99. The van der Waals surface area contributed by atoms with Crippen LogP contribution in [0.1, 0.15) is 16.8 Å². The van der Waals surface area contributed by atoms with Gasteiger partial charge in [0.2, 0.25) is 0 Å². The number of benzene rings is 1. The van der Waals surface area contributed by atoms with Crippen LogP contribution in [-0.4, -0.2) is 44.4 Å². The van der Waals surface area contributed by atoms with Crippen molar-refractivity contribution >= 4 is 33.3 Å². The van der Waals surface area contributed by atoms with Crippen molar-refractivity contribution in [2.45, 2.75) is 12.5 Å². The average Bonchev–Trinajstić information content (AvgIpc) is 2.79. The molecule has 1 N–H and O–H groups in total. The number of rotatable bonds is 4. The molecule has 1 aliphatic heterocycles. The Balaban J connectivity index is 1.89. The summed E-state index contributed by atoms with van der Waals surface area (Å²) in [5.74, 6) is -4.46. The summed E-state index contributed by atoms with van der Waals surface area (Å²) in [5, 5.41) is 2.06. The Hall–Kier alpha value is -1.74. The lowest BCUT2D eigenvalue weighted by molar-refractivity contribution is -0.124. The van der Waals surface area contributed by atoms with Crippen LogP contribution >= 0.6 is 11.6 Å². The zero-order valence-electron chi connectivity index (χ0n) is 11.6. The zero-order valence-corrected chi connectivity index (χ0v) is 13.2. The highest BCUT2D eigenvalue weighted by molar-refractivity contribution is 7.91. The number of hydrogen-bond donors (Lipinski definition) is 1. The average molecular weight is 368 g/mol. The number of esters is 1. The summed E-state index contributed by atoms with van der Waals surface area (Å²) in [7, 11) is -3.15. The van der Waals surface area contributed by atoms with Gasteiger partial charge in [-0.1, -0.05) is 11.6 Å². The quantitative estimate of drug-likeness (QED) is 0.635. The minimum atomic E-state index is -3.15. The molecule has 1 fully saturated rings. The van der Waals surface area contributed by atoms with E-state index >= 15 is 0 Å². The first kappa shape index (κ1) is 17.6. The number of carbonyl (C=O) groups excluding carboxylic acids is 2. The number of hydrogen-bond acceptors (Lipinski definition) is 5. The van der Waals surface area contributed by atoms with Crippen molar-refractivity contribution in [2.24, 2.45) is 0 Å². The molecule has 1 aromatic carbocycles. The normalized spacial score (nSPS) is 19.3. The largest absolute Gasteiger partial charge is 0.452 e. The Morgan fingerprint density at radius 2 is 1.96 bits per heavy atom. The number of sulfone groups is 1. The van der Waals surface area contributed by atoms with E-state index in [-0.39, 0.29) is 22.9 Å². The lowest BCUT2D eigenvalue weighted by Gasteiger charge is -2.11. The number of halogens is 3. The molecule has 126 valence electrons. The van der Waals surface area contributed by atoms with E-state index in [1.54, 1.807) is 0 Å². The lowest BCUT2D eigenvalue weighted by atomic mass is 10.2. The molecule has 0 bridgehead atoms. The Kier molecular flexibility index (Phi) is 5.20. The van der Waals surface area contributed by atoms with Crippen molar-refractivity contribution in [3.05, 3.63) is 34.4 Å². The van der Waals surface area contributed by atoms with Crippen molar-refractivity contribution < 1.29 is 31.5 Å². The fraction of sp³-hybridized carbons (Fsp3) is 0.385. The molecule has 0 spiro atoms. The van der Waals surface area contributed by atoms with E-state index in [9.17, 15) is 26.8 Å². The third-order valence-electron chi connectivity index (χ3n) is 3.16. The van der Waals surface area contributed by atoms with Crippen molar-refractivity contribution in [3.8, 4) is 0 Å². The maximum Gasteiger partial charge on any atom is 0.340 e. The molecule has 23 heavy (non-hydrogen) atoms. The molecule has 0 aromatic heterocycles. The van der Waals surface area contributed by atoms with E-state index in [0.29, 0.717) is 12.1 Å². The first-order valence-electron chi connectivity index (χ1n) is 6.49. The molecular weight excluding hydrogens is 356 g/mol. The Morgan fingerprint density at radius 1 is 1.30 bits per heavy atom. The summed E-state index contributed by atoms with van der Waals surface area (Å²) in [6, 6.07) is 0.663. The molecule has 2 rings (SSSR count). The first-order chi connectivity index (χ1) is 10.7. The summed E-state index contributed by atoms with van der Waals surface area (Å²) >= 11 is 5.61. The van der Waals surface area contributed by atoms with Crippen LogP contribution in [0.25, 0.3) is 0 Å². The van der Waals surface area contributed by atoms with Gasteiger partial charge in [-0.15, -0.1) is 0 Å². The highest BCUT2D eigenvalue weighted by Gasteiger charge is 2.29. The molecule has 1 amide bonds. The van der Waals surface area contributed by atoms with Crippen LogP contribution in [0.4, 0.5) is 8.78 Å². The van der Waals surface area contributed by atoms with Crippen LogP contribution in [0.3, 0.4) is 0 Å². The second kappa shape index (κ2) is 6.79. The van der Waals surface area contributed by atoms with Crippen LogP contribution < -0.4 is 5.32 Å². The van der Waals surface area contributed by atoms with Crippen LogP contribution in [0.5, 0.6) is 0 Å². The van der Waals surface area contributed by atoms with Gasteiger partial charge in [-0.05, 0) is 18.6 Å². The van der Waals surface area contributed by atoms with E-state index in [1.165, 1.54) is 0 Å². The molecule has 1 heterocycles. The standard InChI is InChI=1S/C13H12ClF2NO5S/c14-9-4-11(16)10(15)3-8(9)13(19)22-5-12(18)17-7-1-2-23(20,21)6-7/h3-4,7H,1-2,5-6H2,(H,17,18)/t7-/m0/s1. The van der Waals surface area contributed by atoms with E-state index in [2.05, 4.69) is 10.1 Å². The molecular formula is C13H12ClF2NO5S. The molecule has 6 nitrogen and oxygen atoms in total. The van der Waals surface area contributed by atoms with Crippen LogP contribution in [0.2, 0.25) is 5.02 Å². The molecule has 0 aliphatic carbocycles. The monoisotopic (exact) mass is 367 g/mol. The molecule has 0 saturated carbocycles. The van der Waals surface area contributed by atoms with Gasteiger partial charge in [0.1, 0.15) is 0 Å². The molecule has 0 unspecified atom stereocenters. The molecule has 1 atom stereocenters. The third kappa shape index (κ3) is 4.61. The van der Waals surface area contributed by atoms with Gasteiger partial charge in [-0.25, -0.2) is 22.0 Å². The molecule has 0 radical (unpaired) electrons. The van der Waals surface area contributed by atoms with Gasteiger partial charge in [0, 0.05) is 6.04 Å². The van der Waals surface area contributed by atoms with Crippen molar-refractivity contribution in [2.75, 3.05) is 18.1 Å². The van der Waals surface area contributed by atoms with Crippen LogP contribution in [-0.2, 0) is 19.4 Å². The number of amides is 1. The Bertz CT molecular complexity index is 753. The molecule has 1 aliphatic rings. The zero-order chi connectivity index (χ0) is 17.2. The predicted octanol–water partition coefficient (Wildman–Crippen LogP) is 1.08. The lowest BCUT2D eigenvalue weighted by Crippen LogP contribution is -2.38. The van der Waals surface area contributed by atoms with Crippen LogP contribution in [0, 0.1) is 11.6 Å². The third-order valence-corrected chi connectivity index (χ3v) is 5.24. The highest BCUT2D eigenvalue weighted by Crippen LogP contribution is 2.20. The molecule has 10 heteroatoms. The Labute approximate surface area is 135 Å². The Morgan fingerprint density at radius 3 is 2.57 bits per heavy atom. The number of carbonyl (C=O) groups is 2. The first-order valence-corrected chi connectivity index (χ1v) is 8.69. The summed E-state index contributed by atoms with van der Waals surface area (Å²) in [4.78, 5) is 23.3. The van der Waals surface area contributed by atoms with Gasteiger partial charge in [-0.3, -0.25) is 4.79 Å². The summed E-state index contributed by atoms with van der Waals surface area (Å²) in [6.45, 7) is -0.690. The molecule has 1 saturated heterocycles. The van der Waals surface area contributed by atoms with Crippen molar-refractivity contribution in [1.29, 1.82) is 0 Å². The fourth-order valence-corrected chi connectivity index (χ4v) is 3.97. The highest BCUT2D eigenvalue weighted by atomic mass is 35.5. The predicted molar refractivity (Wildman–Crippen MR) is 76.9 cm³/mol. The summed E-state index contributed by atoms with van der Waals surface area (Å²) in [6.07, 6.45) is 0.289. The van der Waals surface area contributed by atoms with Gasteiger partial charge in [0.05, 0.1) is 22.1 Å². The van der Waals surface area contributed by atoms with Crippen molar-refractivity contribution in [1.82, 2.24) is 5.32 Å². The second-order valence-corrected chi connectivity index (χ2v) is 7.63. The van der Waals surface area contributed by atoms with Gasteiger partial charge in [-0.2, -0.15) is 0 Å². The summed E-state index contributed by atoms with van der Waals surface area (Å²) in [5.41, 5.74) is -0.415. The number of ether oxygens (including phenoxy) is 1. The van der Waals surface area contributed by atoms with Gasteiger partial charge >= 0.3 is 5.97 Å². The minimum Gasteiger partial charge on any atom is -0.452 e. The molecule has 1 aromatic rings. The van der Waals surface area contributed by atoms with Gasteiger partial charge in [0.15, 0.2) is 28.1 Å². The van der Waals surface area contributed by atoms with E-state index < -0.39 is 51.6 Å². The maximum atomic E-state index is 13.1. The minimum absolute atomic E-state index is 0.0117. The van der Waals surface area contributed by atoms with Crippen LogP contribution in [0.15, 0.2) is 12.1 Å². The van der Waals surface area contributed by atoms with Gasteiger partial charge in [0.25, 0.3) is 5.91 Å². The summed E-state index contributed by atoms with van der Waals surface area (Å²) < 4.78 is 53.1. The van der Waals surface area contributed by atoms with Crippen molar-refractivity contribution in [3.63, 3.8) is 0 Å². The van der Waals surface area contributed by atoms with E-state index in [0.717, 1.165) is 0 Å². The van der Waals surface area contributed by atoms with Gasteiger partial charge < -0.3 is 10.1 Å². The SMILES string of the molecule is O=C(COC(=O)c1cc(F)c(F)cc1Cl)N[C@H]1CCS(=O)(=O)C1.